The van der Waals surface area contributed by atoms with Gasteiger partial charge in [0.05, 0.1) is 20.1 Å². The van der Waals surface area contributed by atoms with Crippen molar-refractivity contribution < 1.29 is 19.4 Å². The van der Waals surface area contributed by atoms with Crippen LogP contribution in [0.3, 0.4) is 0 Å². The first kappa shape index (κ1) is 16.6. The second-order valence-electron chi connectivity index (χ2n) is 5.86. The lowest BCUT2D eigenvalue weighted by Gasteiger charge is -2.25. The number of methoxy groups -OCH3 is 2. The smallest absolute Gasteiger partial charge is 0.306 e. The number of ether oxygens (including phenoxy) is 2. The fourth-order valence-corrected chi connectivity index (χ4v) is 3.08. The molecule has 122 valence electrons. The Balaban J connectivity index is 2.05. The van der Waals surface area contributed by atoms with Gasteiger partial charge in [-0.2, -0.15) is 0 Å². The van der Waals surface area contributed by atoms with Gasteiger partial charge in [0.15, 0.2) is 11.5 Å². The molecule has 22 heavy (non-hydrogen) atoms. The molecular weight excluding hydrogens is 282 g/mol. The molecule has 1 aliphatic heterocycles. The summed E-state index contributed by atoms with van der Waals surface area (Å²) < 4.78 is 10.5. The number of carboxylic acid groups (broad SMARTS) is 1. The summed E-state index contributed by atoms with van der Waals surface area (Å²) in [6, 6.07) is 5.62. The van der Waals surface area contributed by atoms with Crippen LogP contribution in [-0.4, -0.2) is 38.4 Å². The number of benzene rings is 1. The van der Waals surface area contributed by atoms with Gasteiger partial charge in [0.1, 0.15) is 0 Å². The molecule has 1 aromatic rings. The zero-order valence-corrected chi connectivity index (χ0v) is 13.3. The number of hydrogen-bond donors (Lipinski definition) is 2. The highest BCUT2D eigenvalue weighted by Crippen LogP contribution is 2.30. The molecule has 0 spiro atoms. The van der Waals surface area contributed by atoms with E-state index in [2.05, 4.69) is 5.32 Å². The third-order valence-corrected chi connectivity index (χ3v) is 4.36. The van der Waals surface area contributed by atoms with E-state index in [-0.39, 0.29) is 5.92 Å². The summed E-state index contributed by atoms with van der Waals surface area (Å²) >= 11 is 0. The molecule has 2 N–H and O–H groups in total. The molecule has 1 heterocycles. The SMILES string of the molecule is COc1ccc(CC(CC2CCNCC2)C(=O)O)cc1OC. The number of carboxylic acids is 1. The molecule has 5 heteroatoms. The van der Waals surface area contributed by atoms with Crippen molar-refractivity contribution in [1.82, 2.24) is 5.32 Å². The van der Waals surface area contributed by atoms with Crippen LogP contribution in [0.4, 0.5) is 0 Å². The molecule has 0 radical (unpaired) electrons. The number of rotatable bonds is 7. The first-order valence-electron chi connectivity index (χ1n) is 7.78. The van der Waals surface area contributed by atoms with Crippen LogP contribution < -0.4 is 14.8 Å². The van der Waals surface area contributed by atoms with Crippen molar-refractivity contribution in [3.05, 3.63) is 23.8 Å². The van der Waals surface area contributed by atoms with E-state index in [9.17, 15) is 9.90 Å². The lowest BCUT2D eigenvalue weighted by atomic mass is 9.85. The monoisotopic (exact) mass is 307 g/mol. The lowest BCUT2D eigenvalue weighted by Crippen LogP contribution is -2.30. The van der Waals surface area contributed by atoms with Crippen molar-refractivity contribution in [2.45, 2.75) is 25.7 Å². The Hall–Kier alpha value is -1.75. The first-order valence-corrected chi connectivity index (χ1v) is 7.78. The minimum Gasteiger partial charge on any atom is -0.493 e. The summed E-state index contributed by atoms with van der Waals surface area (Å²) in [4.78, 5) is 11.6. The Morgan fingerprint density at radius 1 is 1.27 bits per heavy atom. The molecule has 0 aromatic heterocycles. The van der Waals surface area contributed by atoms with E-state index in [4.69, 9.17) is 9.47 Å². The van der Waals surface area contributed by atoms with Crippen LogP contribution in [0.1, 0.15) is 24.8 Å². The maximum absolute atomic E-state index is 11.6. The largest absolute Gasteiger partial charge is 0.493 e. The molecule has 2 rings (SSSR count). The average Bonchev–Trinajstić information content (AvgIpc) is 2.55. The Morgan fingerprint density at radius 3 is 2.55 bits per heavy atom. The Labute approximate surface area is 131 Å². The molecule has 1 unspecified atom stereocenters. The molecular formula is C17H25NO4. The van der Waals surface area contributed by atoms with Crippen molar-refractivity contribution in [2.24, 2.45) is 11.8 Å². The quantitative estimate of drug-likeness (QED) is 0.809. The van der Waals surface area contributed by atoms with Crippen LogP contribution in [-0.2, 0) is 11.2 Å². The third kappa shape index (κ3) is 4.37. The van der Waals surface area contributed by atoms with E-state index in [1.54, 1.807) is 14.2 Å². The Bertz CT molecular complexity index is 497. The van der Waals surface area contributed by atoms with Crippen LogP contribution in [0.2, 0.25) is 0 Å². The molecule has 1 aliphatic rings. The predicted molar refractivity (Wildman–Crippen MR) is 84.6 cm³/mol. The fourth-order valence-electron chi connectivity index (χ4n) is 3.08. The highest BCUT2D eigenvalue weighted by molar-refractivity contribution is 5.70. The van der Waals surface area contributed by atoms with Crippen LogP contribution >= 0.6 is 0 Å². The zero-order chi connectivity index (χ0) is 15.9. The number of piperidine rings is 1. The Morgan fingerprint density at radius 2 is 1.95 bits per heavy atom. The number of nitrogens with one attached hydrogen (secondary N) is 1. The third-order valence-electron chi connectivity index (χ3n) is 4.36. The van der Waals surface area contributed by atoms with Crippen LogP contribution in [0, 0.1) is 11.8 Å². The summed E-state index contributed by atoms with van der Waals surface area (Å²) in [5, 5.41) is 12.8. The van der Waals surface area contributed by atoms with Gasteiger partial charge in [0.25, 0.3) is 0 Å². The number of hydrogen-bond acceptors (Lipinski definition) is 4. The van der Waals surface area contributed by atoms with Crippen LogP contribution in [0.5, 0.6) is 11.5 Å². The molecule has 1 saturated heterocycles. The average molecular weight is 307 g/mol. The van der Waals surface area contributed by atoms with Gasteiger partial charge in [0.2, 0.25) is 0 Å². The molecule has 5 nitrogen and oxygen atoms in total. The Kier molecular flexibility index (Phi) is 6.07. The highest BCUT2D eigenvalue weighted by Gasteiger charge is 2.24. The summed E-state index contributed by atoms with van der Waals surface area (Å²) in [5.41, 5.74) is 0.971. The standard InChI is InChI=1S/C17H25NO4/c1-21-15-4-3-13(11-16(15)22-2)10-14(17(19)20)9-12-5-7-18-8-6-12/h3-4,11-12,14,18H,5-10H2,1-2H3,(H,19,20). The number of aliphatic carboxylic acids is 1. The normalized spacial score (nSPS) is 17.0. The van der Waals surface area contributed by atoms with Crippen molar-refractivity contribution in [1.29, 1.82) is 0 Å². The predicted octanol–water partition coefficient (Wildman–Crippen LogP) is 2.34. The van der Waals surface area contributed by atoms with E-state index in [0.717, 1.165) is 37.9 Å². The second-order valence-corrected chi connectivity index (χ2v) is 5.86. The van der Waals surface area contributed by atoms with E-state index in [1.165, 1.54) is 0 Å². The molecule has 0 aliphatic carbocycles. The van der Waals surface area contributed by atoms with Crippen LogP contribution in [0.25, 0.3) is 0 Å². The van der Waals surface area contributed by atoms with Crippen molar-refractivity contribution >= 4 is 5.97 Å². The molecule has 0 saturated carbocycles. The summed E-state index contributed by atoms with van der Waals surface area (Å²) in [6.45, 7) is 1.99. The highest BCUT2D eigenvalue weighted by atomic mass is 16.5. The summed E-state index contributed by atoms with van der Waals surface area (Å²) in [6.07, 6.45) is 3.40. The van der Waals surface area contributed by atoms with E-state index in [1.807, 2.05) is 18.2 Å². The molecule has 0 bridgehead atoms. The van der Waals surface area contributed by atoms with Crippen molar-refractivity contribution in [2.75, 3.05) is 27.3 Å². The van der Waals surface area contributed by atoms with Gasteiger partial charge in [-0.3, -0.25) is 4.79 Å². The van der Waals surface area contributed by atoms with E-state index >= 15 is 0 Å². The van der Waals surface area contributed by atoms with Gasteiger partial charge in [0, 0.05) is 0 Å². The zero-order valence-electron chi connectivity index (χ0n) is 13.3. The van der Waals surface area contributed by atoms with Gasteiger partial charge in [-0.05, 0) is 62.4 Å². The fraction of sp³-hybridized carbons (Fsp3) is 0.588. The minimum atomic E-state index is -0.715. The first-order chi connectivity index (χ1) is 10.6. The molecule has 1 atom stereocenters. The van der Waals surface area contributed by atoms with Gasteiger partial charge in [-0.1, -0.05) is 6.07 Å². The summed E-state index contributed by atoms with van der Waals surface area (Å²) in [7, 11) is 3.18. The molecule has 1 fully saturated rings. The van der Waals surface area contributed by atoms with E-state index in [0.29, 0.717) is 23.8 Å². The molecule has 1 aromatic carbocycles. The van der Waals surface area contributed by atoms with Gasteiger partial charge < -0.3 is 19.9 Å². The minimum absolute atomic E-state index is 0.346. The summed E-state index contributed by atoms with van der Waals surface area (Å²) in [5.74, 6) is 0.750. The molecule has 0 amide bonds. The number of carbonyl (C=O) groups is 1. The lowest BCUT2D eigenvalue weighted by molar-refractivity contribution is -0.142. The van der Waals surface area contributed by atoms with Gasteiger partial charge in [-0.25, -0.2) is 0 Å². The topological polar surface area (TPSA) is 67.8 Å². The van der Waals surface area contributed by atoms with E-state index < -0.39 is 5.97 Å². The van der Waals surface area contributed by atoms with Crippen molar-refractivity contribution in [3.8, 4) is 11.5 Å². The van der Waals surface area contributed by atoms with Crippen LogP contribution in [0.15, 0.2) is 18.2 Å². The maximum Gasteiger partial charge on any atom is 0.306 e. The second kappa shape index (κ2) is 8.03. The van der Waals surface area contributed by atoms with Gasteiger partial charge >= 0.3 is 5.97 Å². The van der Waals surface area contributed by atoms with Gasteiger partial charge in [-0.15, -0.1) is 0 Å². The van der Waals surface area contributed by atoms with Crippen molar-refractivity contribution in [3.63, 3.8) is 0 Å². The maximum atomic E-state index is 11.6.